The molecule has 1 heterocycles. The SMILES string of the molecule is COc1ccccc1N1CCN(C(=O)c2ccc(S(=O)(=O)Nc3ccc(Cl)cc3)cc2)CC1. The van der Waals surface area contributed by atoms with Crippen molar-refractivity contribution in [2.75, 3.05) is 42.9 Å². The van der Waals surface area contributed by atoms with Crippen molar-refractivity contribution in [2.24, 2.45) is 0 Å². The van der Waals surface area contributed by atoms with Crippen molar-refractivity contribution in [3.63, 3.8) is 0 Å². The minimum atomic E-state index is -3.77. The Morgan fingerprint density at radius 2 is 1.55 bits per heavy atom. The molecule has 0 spiro atoms. The van der Waals surface area contributed by atoms with Gasteiger partial charge in [-0.3, -0.25) is 9.52 Å². The number of hydrogen-bond donors (Lipinski definition) is 1. The molecule has 1 saturated heterocycles. The highest BCUT2D eigenvalue weighted by molar-refractivity contribution is 7.92. The molecule has 7 nitrogen and oxygen atoms in total. The molecule has 0 atom stereocenters. The molecule has 0 radical (unpaired) electrons. The van der Waals surface area contributed by atoms with Crippen LogP contribution in [0, 0.1) is 0 Å². The number of amides is 1. The second-order valence-corrected chi connectivity index (χ2v) is 9.71. The Labute approximate surface area is 198 Å². The van der Waals surface area contributed by atoms with Gasteiger partial charge in [-0.25, -0.2) is 8.42 Å². The largest absolute Gasteiger partial charge is 0.495 e. The van der Waals surface area contributed by atoms with Gasteiger partial charge in [-0.2, -0.15) is 0 Å². The number of anilines is 2. The van der Waals surface area contributed by atoms with E-state index in [2.05, 4.69) is 9.62 Å². The van der Waals surface area contributed by atoms with Crippen LogP contribution in [-0.4, -0.2) is 52.5 Å². The Morgan fingerprint density at radius 3 is 2.18 bits per heavy atom. The van der Waals surface area contributed by atoms with E-state index in [4.69, 9.17) is 16.3 Å². The van der Waals surface area contributed by atoms with Gasteiger partial charge in [-0.15, -0.1) is 0 Å². The number of piperazine rings is 1. The minimum absolute atomic E-state index is 0.0787. The van der Waals surface area contributed by atoms with Gasteiger partial charge in [0.15, 0.2) is 0 Å². The van der Waals surface area contributed by atoms with E-state index in [-0.39, 0.29) is 10.8 Å². The average molecular weight is 486 g/mol. The molecule has 0 unspecified atom stereocenters. The number of hydrogen-bond acceptors (Lipinski definition) is 5. The molecule has 3 aromatic carbocycles. The summed E-state index contributed by atoms with van der Waals surface area (Å²) < 4.78 is 33.2. The summed E-state index contributed by atoms with van der Waals surface area (Å²) in [5.74, 6) is 0.686. The van der Waals surface area contributed by atoms with E-state index in [1.54, 1.807) is 48.4 Å². The zero-order chi connectivity index (χ0) is 23.4. The third kappa shape index (κ3) is 5.23. The van der Waals surface area contributed by atoms with Crippen LogP contribution >= 0.6 is 11.6 Å². The van der Waals surface area contributed by atoms with Crippen LogP contribution in [0.15, 0.2) is 77.7 Å². The smallest absolute Gasteiger partial charge is 0.261 e. The molecular weight excluding hydrogens is 462 g/mol. The zero-order valence-electron chi connectivity index (χ0n) is 18.1. The quantitative estimate of drug-likeness (QED) is 0.568. The average Bonchev–Trinajstić information content (AvgIpc) is 2.85. The van der Waals surface area contributed by atoms with E-state index in [1.165, 1.54) is 12.1 Å². The van der Waals surface area contributed by atoms with E-state index in [9.17, 15) is 13.2 Å². The predicted molar refractivity (Wildman–Crippen MR) is 130 cm³/mol. The Kier molecular flexibility index (Phi) is 6.76. The lowest BCUT2D eigenvalue weighted by molar-refractivity contribution is 0.0746. The summed E-state index contributed by atoms with van der Waals surface area (Å²) in [5, 5.41) is 0.518. The van der Waals surface area contributed by atoms with Gasteiger partial charge in [-0.05, 0) is 60.7 Å². The molecule has 172 valence electrons. The number of benzene rings is 3. The Bertz CT molecular complexity index is 1220. The minimum Gasteiger partial charge on any atom is -0.495 e. The summed E-state index contributed by atoms with van der Waals surface area (Å²) in [7, 11) is -2.13. The fraction of sp³-hybridized carbons (Fsp3) is 0.208. The first-order valence-electron chi connectivity index (χ1n) is 10.4. The van der Waals surface area contributed by atoms with Crippen molar-refractivity contribution in [1.29, 1.82) is 0 Å². The maximum Gasteiger partial charge on any atom is 0.261 e. The number of rotatable bonds is 6. The van der Waals surface area contributed by atoms with Gasteiger partial charge in [0.1, 0.15) is 5.75 Å². The summed E-state index contributed by atoms with van der Waals surface area (Å²) in [4.78, 5) is 17.0. The Hall–Kier alpha value is -3.23. The van der Waals surface area contributed by atoms with Crippen molar-refractivity contribution in [3.05, 3.63) is 83.4 Å². The highest BCUT2D eigenvalue weighted by Gasteiger charge is 2.24. The number of sulfonamides is 1. The molecule has 9 heteroatoms. The molecule has 1 aliphatic heterocycles. The first-order chi connectivity index (χ1) is 15.9. The van der Waals surface area contributed by atoms with E-state index in [1.807, 2.05) is 24.3 Å². The van der Waals surface area contributed by atoms with Crippen molar-refractivity contribution in [1.82, 2.24) is 4.90 Å². The number of nitrogens with zero attached hydrogens (tertiary/aromatic N) is 2. The van der Waals surface area contributed by atoms with Gasteiger partial charge in [0.05, 0.1) is 17.7 Å². The summed E-state index contributed by atoms with van der Waals surface area (Å²) in [5.41, 5.74) is 1.87. The third-order valence-electron chi connectivity index (χ3n) is 5.50. The zero-order valence-corrected chi connectivity index (χ0v) is 19.6. The number of carbonyl (C=O) groups is 1. The normalized spacial score (nSPS) is 14.1. The molecule has 0 saturated carbocycles. The first-order valence-corrected chi connectivity index (χ1v) is 12.3. The maximum atomic E-state index is 13.0. The molecule has 0 aromatic heterocycles. The summed E-state index contributed by atoms with van der Waals surface area (Å²) >= 11 is 5.84. The summed E-state index contributed by atoms with van der Waals surface area (Å²) in [6, 6.07) is 20.2. The highest BCUT2D eigenvalue weighted by Crippen LogP contribution is 2.28. The van der Waals surface area contributed by atoms with Crippen LogP contribution in [0.3, 0.4) is 0 Å². The van der Waals surface area contributed by atoms with Crippen LogP contribution in [0.4, 0.5) is 11.4 Å². The van der Waals surface area contributed by atoms with Crippen molar-refractivity contribution < 1.29 is 17.9 Å². The molecule has 1 amide bonds. The topological polar surface area (TPSA) is 79.0 Å². The van der Waals surface area contributed by atoms with Crippen LogP contribution in [-0.2, 0) is 10.0 Å². The molecule has 1 aliphatic rings. The van der Waals surface area contributed by atoms with Gasteiger partial charge >= 0.3 is 0 Å². The van der Waals surface area contributed by atoms with Gasteiger partial charge in [0.25, 0.3) is 15.9 Å². The van der Waals surface area contributed by atoms with Gasteiger partial charge in [0.2, 0.25) is 0 Å². The number of ether oxygens (including phenoxy) is 1. The predicted octanol–water partition coefficient (Wildman–Crippen LogP) is 4.11. The molecule has 4 rings (SSSR count). The van der Waals surface area contributed by atoms with Crippen molar-refractivity contribution in [2.45, 2.75) is 4.90 Å². The van der Waals surface area contributed by atoms with Crippen LogP contribution < -0.4 is 14.4 Å². The van der Waals surface area contributed by atoms with Crippen LogP contribution in [0.2, 0.25) is 5.02 Å². The molecular formula is C24H24ClN3O4S. The second kappa shape index (κ2) is 9.72. The van der Waals surface area contributed by atoms with Crippen molar-refractivity contribution in [3.8, 4) is 5.75 Å². The molecule has 1 fully saturated rings. The van der Waals surface area contributed by atoms with Crippen LogP contribution in [0.1, 0.15) is 10.4 Å². The Balaban J connectivity index is 1.40. The summed E-state index contributed by atoms with van der Waals surface area (Å²) in [6.45, 7) is 2.50. The number of halogens is 1. The van der Waals surface area contributed by atoms with E-state index < -0.39 is 10.0 Å². The monoisotopic (exact) mass is 485 g/mol. The standard InChI is InChI=1S/C24H24ClN3O4S/c1-32-23-5-3-2-4-22(23)27-14-16-28(17-15-27)24(29)18-6-12-21(13-7-18)33(30,31)26-20-10-8-19(25)9-11-20/h2-13,26H,14-17H2,1H3. The molecule has 3 aromatic rings. The van der Waals surface area contributed by atoms with Crippen molar-refractivity contribution >= 4 is 38.9 Å². The maximum absolute atomic E-state index is 13.0. The van der Waals surface area contributed by atoms with Gasteiger partial charge < -0.3 is 14.5 Å². The number of methoxy groups -OCH3 is 1. The fourth-order valence-electron chi connectivity index (χ4n) is 3.73. The second-order valence-electron chi connectivity index (χ2n) is 7.59. The summed E-state index contributed by atoms with van der Waals surface area (Å²) in [6.07, 6.45) is 0. The first kappa shape index (κ1) is 22.9. The highest BCUT2D eigenvalue weighted by atomic mass is 35.5. The van der Waals surface area contributed by atoms with E-state index in [0.29, 0.717) is 42.5 Å². The number of para-hydroxylation sites is 2. The van der Waals surface area contributed by atoms with E-state index in [0.717, 1.165) is 11.4 Å². The van der Waals surface area contributed by atoms with Gasteiger partial charge in [0, 0.05) is 42.5 Å². The molecule has 1 N–H and O–H groups in total. The number of carbonyl (C=O) groups excluding carboxylic acids is 1. The lowest BCUT2D eigenvalue weighted by Crippen LogP contribution is -2.48. The van der Waals surface area contributed by atoms with Gasteiger partial charge in [-0.1, -0.05) is 23.7 Å². The lowest BCUT2D eigenvalue weighted by Gasteiger charge is -2.36. The third-order valence-corrected chi connectivity index (χ3v) is 7.15. The number of nitrogens with one attached hydrogen (secondary N) is 1. The van der Waals surface area contributed by atoms with E-state index >= 15 is 0 Å². The Morgan fingerprint density at radius 1 is 0.909 bits per heavy atom. The van der Waals surface area contributed by atoms with Crippen LogP contribution in [0.5, 0.6) is 5.75 Å². The molecule has 0 aliphatic carbocycles. The van der Waals surface area contributed by atoms with Crippen LogP contribution in [0.25, 0.3) is 0 Å². The molecule has 0 bridgehead atoms. The lowest BCUT2D eigenvalue weighted by atomic mass is 10.1. The molecule has 33 heavy (non-hydrogen) atoms. The fourth-order valence-corrected chi connectivity index (χ4v) is 4.92.